The first kappa shape index (κ1) is 17.8. The fraction of sp³-hybridized carbons (Fsp3) is 0.444. The predicted octanol–water partition coefficient (Wildman–Crippen LogP) is 2.97. The number of pyridine rings is 1. The van der Waals surface area contributed by atoms with E-state index in [2.05, 4.69) is 25.6 Å². The summed E-state index contributed by atoms with van der Waals surface area (Å²) in [5.41, 5.74) is 0.203. The van der Waals surface area contributed by atoms with Crippen LogP contribution < -0.4 is 15.4 Å². The van der Waals surface area contributed by atoms with E-state index in [0.29, 0.717) is 24.0 Å². The molecular weight excluding hydrogens is 366 g/mol. The monoisotopic (exact) mass is 387 g/mol. The molecule has 1 aliphatic carbocycles. The molecule has 2 N–H and O–H groups in total. The van der Waals surface area contributed by atoms with Crippen LogP contribution in [0.5, 0.6) is 5.75 Å². The molecular formula is C18H21N5O3S. The summed E-state index contributed by atoms with van der Waals surface area (Å²) in [7, 11) is 1.33. The Balaban J connectivity index is 1.61. The molecule has 2 aromatic heterocycles. The number of anilines is 2. The second-order valence-corrected chi connectivity index (χ2v) is 7.63. The zero-order valence-corrected chi connectivity index (χ0v) is 16.1. The number of aromatic nitrogens is 3. The summed E-state index contributed by atoms with van der Waals surface area (Å²) in [5.74, 6) is 1.37. The molecule has 0 unspecified atom stereocenters. The van der Waals surface area contributed by atoms with Crippen LogP contribution in [0.2, 0.25) is 0 Å². The summed E-state index contributed by atoms with van der Waals surface area (Å²) in [6.45, 7) is 3.19. The van der Waals surface area contributed by atoms with Gasteiger partial charge >= 0.3 is 5.97 Å². The number of hydrogen-bond acceptors (Lipinski definition) is 9. The van der Waals surface area contributed by atoms with Gasteiger partial charge in [-0.3, -0.25) is 0 Å². The van der Waals surface area contributed by atoms with Crippen molar-refractivity contribution in [2.24, 2.45) is 0 Å². The summed E-state index contributed by atoms with van der Waals surface area (Å²) in [6, 6.07) is 1.88. The quantitative estimate of drug-likeness (QED) is 0.750. The highest BCUT2D eigenvalue weighted by atomic mass is 32.2. The van der Waals surface area contributed by atoms with Gasteiger partial charge in [0.25, 0.3) is 0 Å². The lowest BCUT2D eigenvalue weighted by Gasteiger charge is -2.45. The van der Waals surface area contributed by atoms with Crippen molar-refractivity contribution in [3.8, 4) is 5.75 Å². The van der Waals surface area contributed by atoms with Crippen molar-refractivity contribution in [1.82, 2.24) is 15.0 Å². The minimum atomic E-state index is -0.525. The van der Waals surface area contributed by atoms with Crippen LogP contribution >= 0.6 is 11.8 Å². The molecule has 2 aliphatic rings. The first-order valence-electron chi connectivity index (χ1n) is 8.91. The van der Waals surface area contributed by atoms with Gasteiger partial charge in [-0.1, -0.05) is 11.8 Å². The van der Waals surface area contributed by atoms with Crippen LogP contribution in [0.3, 0.4) is 0 Å². The van der Waals surface area contributed by atoms with Gasteiger partial charge in [0.1, 0.15) is 11.6 Å². The Morgan fingerprint density at radius 2 is 2.30 bits per heavy atom. The third-order valence-corrected chi connectivity index (χ3v) is 5.69. The molecule has 8 nitrogen and oxygen atoms in total. The molecule has 2 aromatic rings. The Morgan fingerprint density at radius 1 is 1.44 bits per heavy atom. The molecule has 1 spiro atoms. The zero-order chi connectivity index (χ0) is 18.9. The van der Waals surface area contributed by atoms with Crippen molar-refractivity contribution in [3.05, 3.63) is 24.2 Å². The van der Waals surface area contributed by atoms with Gasteiger partial charge in [0.2, 0.25) is 0 Å². The normalized spacial score (nSPS) is 16.5. The number of esters is 1. The topological polar surface area (TPSA) is 98.3 Å². The second kappa shape index (κ2) is 7.22. The average molecular weight is 387 g/mol. The predicted molar refractivity (Wildman–Crippen MR) is 102 cm³/mol. The van der Waals surface area contributed by atoms with E-state index in [9.17, 15) is 4.79 Å². The first-order chi connectivity index (χ1) is 13.1. The van der Waals surface area contributed by atoms with Gasteiger partial charge in [-0.25, -0.2) is 19.7 Å². The van der Waals surface area contributed by atoms with E-state index in [1.165, 1.54) is 25.3 Å². The van der Waals surface area contributed by atoms with E-state index in [4.69, 9.17) is 9.47 Å². The number of carbonyl (C=O) groups excluding carboxylic acids is 1. The highest BCUT2D eigenvalue weighted by Crippen LogP contribution is 2.45. The highest BCUT2D eigenvalue weighted by molar-refractivity contribution is 7.99. The number of carbonyl (C=O) groups is 1. The smallest absolute Gasteiger partial charge is 0.360 e. The molecule has 1 aliphatic heterocycles. The standard InChI is InChI=1S/C18H21N5O3S/c1-3-19-15-13(17(24)25-2)22-12(9-21-15)27-11-5-8-20-16-14(11)26-10-18(23-16)6-4-7-18/h5,8-9H,3-4,6-7,10H2,1-2H3,(H,19,21)(H,20,23). The number of nitrogens with zero attached hydrogens (tertiary/aromatic N) is 3. The maximum Gasteiger partial charge on any atom is 0.360 e. The first-order valence-corrected chi connectivity index (χ1v) is 9.73. The molecule has 4 rings (SSSR count). The fourth-order valence-electron chi connectivity index (χ4n) is 3.18. The molecule has 0 bridgehead atoms. The fourth-order valence-corrected chi connectivity index (χ4v) is 4.03. The summed E-state index contributed by atoms with van der Waals surface area (Å²) in [5, 5.41) is 7.14. The molecule has 1 fully saturated rings. The van der Waals surface area contributed by atoms with Crippen molar-refractivity contribution >= 4 is 29.4 Å². The number of ether oxygens (including phenoxy) is 2. The highest BCUT2D eigenvalue weighted by Gasteiger charge is 2.42. The summed E-state index contributed by atoms with van der Waals surface area (Å²) in [4.78, 5) is 26.1. The maximum absolute atomic E-state index is 12.0. The number of rotatable bonds is 5. The van der Waals surface area contributed by atoms with Crippen molar-refractivity contribution < 1.29 is 14.3 Å². The van der Waals surface area contributed by atoms with E-state index in [0.717, 1.165) is 29.3 Å². The Kier molecular flexibility index (Phi) is 4.77. The van der Waals surface area contributed by atoms with E-state index in [-0.39, 0.29) is 11.2 Å². The molecule has 0 radical (unpaired) electrons. The van der Waals surface area contributed by atoms with Crippen molar-refractivity contribution in [2.75, 3.05) is 30.9 Å². The zero-order valence-electron chi connectivity index (χ0n) is 15.2. The largest absolute Gasteiger partial charge is 0.486 e. The molecule has 1 saturated carbocycles. The Bertz CT molecular complexity index is 872. The van der Waals surface area contributed by atoms with E-state index in [1.54, 1.807) is 12.4 Å². The van der Waals surface area contributed by atoms with E-state index < -0.39 is 5.97 Å². The third kappa shape index (κ3) is 3.39. The van der Waals surface area contributed by atoms with Gasteiger partial charge in [0.15, 0.2) is 23.1 Å². The lowest BCUT2D eigenvalue weighted by molar-refractivity contribution is 0.0594. The molecule has 3 heterocycles. The summed E-state index contributed by atoms with van der Waals surface area (Å²) < 4.78 is 10.9. The molecule has 142 valence electrons. The van der Waals surface area contributed by atoms with Crippen LogP contribution in [-0.2, 0) is 4.74 Å². The van der Waals surface area contributed by atoms with Gasteiger partial charge in [-0.05, 0) is 32.3 Å². The lowest BCUT2D eigenvalue weighted by Crippen LogP contribution is -2.52. The number of methoxy groups -OCH3 is 1. The SMILES string of the molecule is CCNc1ncc(Sc2ccnc3c2OCC2(CCC2)N3)nc1C(=O)OC. The molecule has 0 saturated heterocycles. The Hall–Kier alpha value is -2.55. The second-order valence-electron chi connectivity index (χ2n) is 6.56. The summed E-state index contributed by atoms with van der Waals surface area (Å²) >= 11 is 1.38. The van der Waals surface area contributed by atoms with Crippen LogP contribution in [0.15, 0.2) is 28.4 Å². The summed E-state index contributed by atoms with van der Waals surface area (Å²) in [6.07, 6.45) is 6.79. The number of nitrogens with one attached hydrogen (secondary N) is 2. The van der Waals surface area contributed by atoms with Gasteiger partial charge in [-0.2, -0.15) is 0 Å². The van der Waals surface area contributed by atoms with Crippen LogP contribution in [0.1, 0.15) is 36.7 Å². The van der Waals surface area contributed by atoms with Gasteiger partial charge in [0, 0.05) is 12.7 Å². The van der Waals surface area contributed by atoms with Crippen molar-refractivity contribution in [2.45, 2.75) is 41.6 Å². The van der Waals surface area contributed by atoms with Gasteiger partial charge in [0.05, 0.1) is 23.7 Å². The minimum Gasteiger partial charge on any atom is -0.486 e. The van der Waals surface area contributed by atoms with Crippen molar-refractivity contribution in [3.63, 3.8) is 0 Å². The van der Waals surface area contributed by atoms with E-state index in [1.807, 2.05) is 13.0 Å². The number of hydrogen-bond donors (Lipinski definition) is 2. The van der Waals surface area contributed by atoms with Crippen LogP contribution in [0.4, 0.5) is 11.6 Å². The van der Waals surface area contributed by atoms with Crippen LogP contribution in [0.25, 0.3) is 0 Å². The molecule has 0 aromatic carbocycles. The number of fused-ring (bicyclic) bond motifs is 1. The molecule has 9 heteroatoms. The van der Waals surface area contributed by atoms with E-state index >= 15 is 0 Å². The molecule has 0 atom stereocenters. The maximum atomic E-state index is 12.0. The lowest BCUT2D eigenvalue weighted by atomic mass is 9.77. The third-order valence-electron chi connectivity index (χ3n) is 4.74. The van der Waals surface area contributed by atoms with Gasteiger partial charge < -0.3 is 20.1 Å². The molecule has 0 amide bonds. The van der Waals surface area contributed by atoms with Gasteiger partial charge in [-0.15, -0.1) is 0 Å². The Labute approximate surface area is 161 Å². The minimum absolute atomic E-state index is 0.0363. The molecule has 27 heavy (non-hydrogen) atoms. The van der Waals surface area contributed by atoms with Crippen LogP contribution in [-0.4, -0.2) is 46.7 Å². The Morgan fingerprint density at radius 3 is 3.00 bits per heavy atom. The average Bonchev–Trinajstić information content (AvgIpc) is 2.67. The van der Waals surface area contributed by atoms with Crippen LogP contribution in [0, 0.1) is 0 Å². The van der Waals surface area contributed by atoms with Crippen molar-refractivity contribution in [1.29, 1.82) is 0 Å².